The van der Waals surface area contributed by atoms with E-state index in [0.29, 0.717) is 17.9 Å². The van der Waals surface area contributed by atoms with E-state index in [2.05, 4.69) is 23.6 Å². The van der Waals surface area contributed by atoms with Crippen molar-refractivity contribution >= 4 is 12.4 Å². The minimum atomic E-state index is -0.250. The molecule has 5 nitrogen and oxygen atoms in total. The molecule has 0 spiro atoms. The number of likely N-dealkylation sites (tertiary alicyclic amines) is 2. The normalized spacial score (nSPS) is 24.2. The quantitative estimate of drug-likeness (QED) is 0.812. The number of carbonyl (C=O) groups is 2. The summed E-state index contributed by atoms with van der Waals surface area (Å²) >= 11 is 0. The topological polar surface area (TPSA) is 60.9 Å². The Hall–Kier alpha value is -1.10. The predicted molar refractivity (Wildman–Crippen MR) is 83.2 cm³/mol. The van der Waals surface area contributed by atoms with Crippen LogP contribution >= 0.6 is 0 Å². The largest absolute Gasteiger partial charge is 0.483 e. The highest BCUT2D eigenvalue weighted by atomic mass is 16.3. The van der Waals surface area contributed by atoms with E-state index in [1.54, 1.807) is 0 Å². The van der Waals surface area contributed by atoms with E-state index in [1.807, 2.05) is 0 Å². The molecular formula is C16H30N2O3. The maximum atomic E-state index is 11.8. The number of hydrogen-bond donors (Lipinski definition) is 1. The van der Waals surface area contributed by atoms with Gasteiger partial charge in [0.05, 0.1) is 0 Å². The van der Waals surface area contributed by atoms with E-state index in [1.165, 1.54) is 45.3 Å². The first kappa shape index (κ1) is 18.0. The molecule has 2 aliphatic rings. The maximum Gasteiger partial charge on any atom is 0.290 e. The molecule has 0 aromatic rings. The van der Waals surface area contributed by atoms with Crippen LogP contribution in [0.5, 0.6) is 0 Å². The Morgan fingerprint density at radius 1 is 1.24 bits per heavy atom. The lowest BCUT2D eigenvalue weighted by Crippen LogP contribution is -2.47. The van der Waals surface area contributed by atoms with Crippen LogP contribution in [0.25, 0.3) is 0 Å². The summed E-state index contributed by atoms with van der Waals surface area (Å²) in [6.07, 6.45) is 7.38. The van der Waals surface area contributed by atoms with Gasteiger partial charge in [0.1, 0.15) is 0 Å². The van der Waals surface area contributed by atoms with Crippen LogP contribution in [0.1, 0.15) is 52.4 Å². The lowest BCUT2D eigenvalue weighted by atomic mass is 9.95. The lowest BCUT2D eigenvalue weighted by molar-refractivity contribution is -0.137. The summed E-state index contributed by atoms with van der Waals surface area (Å²) in [5.41, 5.74) is 0. The molecule has 1 N–H and O–H groups in total. The van der Waals surface area contributed by atoms with Crippen LogP contribution in [0.3, 0.4) is 0 Å². The van der Waals surface area contributed by atoms with Crippen LogP contribution < -0.4 is 0 Å². The van der Waals surface area contributed by atoms with Gasteiger partial charge in [-0.1, -0.05) is 12.8 Å². The molecule has 21 heavy (non-hydrogen) atoms. The Morgan fingerprint density at radius 3 is 2.33 bits per heavy atom. The van der Waals surface area contributed by atoms with Crippen LogP contribution in [-0.4, -0.2) is 59.5 Å². The number of carbonyl (C=O) groups excluding carboxylic acids is 1. The molecule has 1 atom stereocenters. The van der Waals surface area contributed by atoms with Crippen molar-refractivity contribution in [3.05, 3.63) is 0 Å². The molecular weight excluding hydrogens is 268 g/mol. The second-order valence-corrected chi connectivity index (χ2v) is 6.36. The zero-order valence-corrected chi connectivity index (χ0v) is 13.5. The van der Waals surface area contributed by atoms with Gasteiger partial charge in [-0.3, -0.25) is 9.59 Å². The van der Waals surface area contributed by atoms with Crippen LogP contribution in [0, 0.1) is 5.92 Å². The van der Waals surface area contributed by atoms with Crippen molar-refractivity contribution in [2.75, 3.05) is 26.2 Å². The van der Waals surface area contributed by atoms with Crippen LogP contribution in [0.4, 0.5) is 0 Å². The van der Waals surface area contributed by atoms with Gasteiger partial charge in [0.2, 0.25) is 5.91 Å². The fourth-order valence-corrected chi connectivity index (χ4v) is 3.27. The summed E-state index contributed by atoms with van der Waals surface area (Å²) in [5, 5.41) is 6.89. The summed E-state index contributed by atoms with van der Waals surface area (Å²) in [4.78, 5) is 24.9. The highest BCUT2D eigenvalue weighted by molar-refractivity contribution is 5.77. The molecule has 0 aliphatic carbocycles. The van der Waals surface area contributed by atoms with E-state index in [9.17, 15) is 4.79 Å². The highest BCUT2D eigenvalue weighted by Gasteiger charge is 2.28. The van der Waals surface area contributed by atoms with Gasteiger partial charge in [0.25, 0.3) is 6.47 Å². The summed E-state index contributed by atoms with van der Waals surface area (Å²) in [7, 11) is 0. The van der Waals surface area contributed by atoms with Gasteiger partial charge in [0, 0.05) is 25.6 Å². The van der Waals surface area contributed by atoms with Gasteiger partial charge < -0.3 is 14.9 Å². The predicted octanol–water partition coefficient (Wildman–Crippen LogP) is 2.21. The number of piperidine rings is 1. The van der Waals surface area contributed by atoms with Crippen molar-refractivity contribution in [3.8, 4) is 0 Å². The number of hydrogen-bond acceptors (Lipinski definition) is 3. The molecule has 2 rings (SSSR count). The molecule has 0 aromatic heterocycles. The molecule has 122 valence electrons. The fraction of sp³-hybridized carbons (Fsp3) is 0.875. The van der Waals surface area contributed by atoms with E-state index in [4.69, 9.17) is 9.90 Å². The van der Waals surface area contributed by atoms with Crippen LogP contribution in [-0.2, 0) is 9.59 Å². The minimum Gasteiger partial charge on any atom is -0.483 e. The highest BCUT2D eigenvalue weighted by Crippen LogP contribution is 2.21. The first-order chi connectivity index (χ1) is 10.1. The molecule has 2 heterocycles. The summed E-state index contributed by atoms with van der Waals surface area (Å²) < 4.78 is 0. The number of nitrogens with zero attached hydrogens (tertiary/aromatic N) is 2. The van der Waals surface area contributed by atoms with Gasteiger partial charge in [-0.05, 0) is 52.1 Å². The average Bonchev–Trinajstić information content (AvgIpc) is 2.70. The molecule has 2 fully saturated rings. The molecule has 0 radical (unpaired) electrons. The van der Waals surface area contributed by atoms with E-state index in [-0.39, 0.29) is 6.47 Å². The molecule has 2 aliphatic heterocycles. The van der Waals surface area contributed by atoms with Crippen molar-refractivity contribution in [2.45, 2.75) is 58.4 Å². The van der Waals surface area contributed by atoms with Gasteiger partial charge in [0.15, 0.2) is 0 Å². The first-order valence-corrected chi connectivity index (χ1v) is 8.18. The molecule has 2 saturated heterocycles. The SMILES string of the molecule is CC(C)N1CC(CN2CCCCCC2)CCC1=O.O=CO. The zero-order chi connectivity index (χ0) is 15.7. The summed E-state index contributed by atoms with van der Waals surface area (Å²) in [5.74, 6) is 1.06. The van der Waals surface area contributed by atoms with Crippen LogP contribution in [0.2, 0.25) is 0 Å². The monoisotopic (exact) mass is 298 g/mol. The van der Waals surface area contributed by atoms with Crippen molar-refractivity contribution < 1.29 is 14.7 Å². The van der Waals surface area contributed by atoms with Crippen molar-refractivity contribution in [3.63, 3.8) is 0 Å². The lowest BCUT2D eigenvalue weighted by Gasteiger charge is -2.37. The second kappa shape index (κ2) is 9.77. The number of rotatable bonds is 3. The van der Waals surface area contributed by atoms with Gasteiger partial charge in [-0.2, -0.15) is 0 Å². The standard InChI is InChI=1S/C15H28N2O.CH2O2/c1-13(2)17-12-14(7-8-15(17)18)11-16-9-5-3-4-6-10-16;2-1-3/h13-14H,3-12H2,1-2H3;1H,(H,2,3). The Balaban J connectivity index is 0.000000677. The molecule has 0 bridgehead atoms. The van der Waals surface area contributed by atoms with Crippen LogP contribution in [0.15, 0.2) is 0 Å². The van der Waals surface area contributed by atoms with Gasteiger partial charge >= 0.3 is 0 Å². The third-order valence-corrected chi connectivity index (χ3v) is 4.38. The Kier molecular flexibility index (Phi) is 8.35. The molecule has 1 unspecified atom stereocenters. The summed E-state index contributed by atoms with van der Waals surface area (Å²) in [6, 6.07) is 0.365. The Morgan fingerprint density at radius 2 is 1.81 bits per heavy atom. The first-order valence-electron chi connectivity index (χ1n) is 8.18. The maximum absolute atomic E-state index is 11.8. The smallest absolute Gasteiger partial charge is 0.290 e. The zero-order valence-electron chi connectivity index (χ0n) is 13.5. The van der Waals surface area contributed by atoms with Crippen molar-refractivity contribution in [1.82, 2.24) is 9.80 Å². The molecule has 0 saturated carbocycles. The minimum absolute atomic E-state index is 0.250. The second-order valence-electron chi connectivity index (χ2n) is 6.36. The average molecular weight is 298 g/mol. The number of carboxylic acid groups (broad SMARTS) is 1. The molecule has 0 aromatic carbocycles. The Bertz CT molecular complexity index is 313. The van der Waals surface area contributed by atoms with E-state index >= 15 is 0 Å². The molecule has 1 amide bonds. The number of amides is 1. The fourth-order valence-electron chi connectivity index (χ4n) is 3.27. The molecule has 5 heteroatoms. The summed E-state index contributed by atoms with van der Waals surface area (Å²) in [6.45, 7) is 8.74. The Labute approximate surface area is 128 Å². The van der Waals surface area contributed by atoms with Crippen molar-refractivity contribution in [2.24, 2.45) is 5.92 Å². The van der Waals surface area contributed by atoms with E-state index in [0.717, 1.165) is 19.4 Å². The third kappa shape index (κ3) is 6.46. The van der Waals surface area contributed by atoms with E-state index < -0.39 is 0 Å². The third-order valence-electron chi connectivity index (χ3n) is 4.38. The van der Waals surface area contributed by atoms with Gasteiger partial charge in [-0.15, -0.1) is 0 Å². The van der Waals surface area contributed by atoms with Gasteiger partial charge in [-0.25, -0.2) is 0 Å². The van der Waals surface area contributed by atoms with Crippen molar-refractivity contribution in [1.29, 1.82) is 0 Å².